The lowest BCUT2D eigenvalue weighted by atomic mass is 9.48. The second-order valence-corrected chi connectivity index (χ2v) is 10.3. The van der Waals surface area contributed by atoms with Crippen molar-refractivity contribution in [1.82, 2.24) is 9.78 Å². The molecule has 3 fully saturated rings. The summed E-state index contributed by atoms with van der Waals surface area (Å²) in [5, 5.41) is 14.4. The smallest absolute Gasteiger partial charge is 0.165 e. The minimum Gasteiger partial charge on any atom is -0.393 e. The molecule has 5 rings (SSSR count). The molecule has 28 heavy (non-hydrogen) atoms. The Bertz CT molecular complexity index is 881. The Balaban J connectivity index is 1.48. The summed E-state index contributed by atoms with van der Waals surface area (Å²) in [4.78, 5) is 13.4. The van der Waals surface area contributed by atoms with Gasteiger partial charge in [-0.25, -0.2) is 0 Å². The van der Waals surface area contributed by atoms with E-state index in [9.17, 15) is 9.90 Å². The van der Waals surface area contributed by atoms with Crippen LogP contribution in [0.1, 0.15) is 64.4 Å². The van der Waals surface area contributed by atoms with Gasteiger partial charge in [0.2, 0.25) is 0 Å². The van der Waals surface area contributed by atoms with E-state index in [-0.39, 0.29) is 16.9 Å². The SMILES string of the molecule is Cn1cc(/C=C2\C[C@@H]3[C@H]4CC=C5C[C@@H](O)CC[C@]5(C)[C@@H]4CC[C@@]3(C)C2=O)cn1. The zero-order valence-electron chi connectivity index (χ0n) is 17.3. The van der Waals surface area contributed by atoms with E-state index < -0.39 is 0 Å². The van der Waals surface area contributed by atoms with Crippen LogP contribution in [0.2, 0.25) is 0 Å². The molecule has 6 atom stereocenters. The van der Waals surface area contributed by atoms with Crippen molar-refractivity contribution in [3.05, 3.63) is 35.2 Å². The van der Waals surface area contributed by atoms with Crippen molar-refractivity contribution in [2.75, 3.05) is 0 Å². The van der Waals surface area contributed by atoms with Crippen LogP contribution in [0.3, 0.4) is 0 Å². The number of carbonyl (C=O) groups excluding carboxylic acids is 1. The number of hydrogen-bond donors (Lipinski definition) is 1. The van der Waals surface area contributed by atoms with E-state index >= 15 is 0 Å². The van der Waals surface area contributed by atoms with Crippen molar-refractivity contribution in [1.29, 1.82) is 0 Å². The lowest BCUT2D eigenvalue weighted by molar-refractivity contribution is -0.130. The van der Waals surface area contributed by atoms with Crippen LogP contribution in [0.15, 0.2) is 29.6 Å². The van der Waals surface area contributed by atoms with Gasteiger partial charge in [0.15, 0.2) is 5.78 Å². The van der Waals surface area contributed by atoms with Crippen LogP contribution in [0.4, 0.5) is 0 Å². The van der Waals surface area contributed by atoms with E-state index in [1.807, 2.05) is 19.4 Å². The molecular weight excluding hydrogens is 348 g/mol. The highest BCUT2D eigenvalue weighted by Gasteiger charge is 2.59. The van der Waals surface area contributed by atoms with Crippen LogP contribution in [0.25, 0.3) is 6.08 Å². The molecule has 1 aromatic heterocycles. The predicted molar refractivity (Wildman–Crippen MR) is 109 cm³/mol. The Hall–Kier alpha value is -1.68. The first kappa shape index (κ1) is 18.4. The molecule has 4 heteroatoms. The number of carbonyl (C=O) groups is 1. The van der Waals surface area contributed by atoms with Gasteiger partial charge in [0.25, 0.3) is 0 Å². The number of rotatable bonds is 1. The highest BCUT2D eigenvalue weighted by Crippen LogP contribution is 2.64. The zero-order chi connectivity index (χ0) is 19.7. The number of allylic oxidation sites excluding steroid dienone is 2. The van der Waals surface area contributed by atoms with Gasteiger partial charge in [-0.2, -0.15) is 5.10 Å². The van der Waals surface area contributed by atoms with E-state index in [0.29, 0.717) is 23.5 Å². The summed E-state index contributed by atoms with van der Waals surface area (Å²) in [6.07, 6.45) is 15.2. The Morgan fingerprint density at radius 1 is 1.18 bits per heavy atom. The Morgan fingerprint density at radius 2 is 1.96 bits per heavy atom. The van der Waals surface area contributed by atoms with Crippen molar-refractivity contribution in [3.8, 4) is 0 Å². The molecule has 0 spiro atoms. The maximum Gasteiger partial charge on any atom is 0.165 e. The molecular formula is C24H32N2O2. The molecule has 4 aliphatic carbocycles. The number of aryl methyl sites for hydroxylation is 1. The van der Waals surface area contributed by atoms with Crippen LogP contribution < -0.4 is 0 Å². The summed E-state index contributed by atoms with van der Waals surface area (Å²) in [7, 11) is 1.91. The summed E-state index contributed by atoms with van der Waals surface area (Å²) in [6.45, 7) is 4.67. The number of aromatic nitrogens is 2. The van der Waals surface area contributed by atoms with Gasteiger partial charge in [-0.1, -0.05) is 25.5 Å². The highest BCUT2D eigenvalue weighted by atomic mass is 16.3. The lowest BCUT2D eigenvalue weighted by Gasteiger charge is -2.56. The van der Waals surface area contributed by atoms with Crippen LogP contribution in [0.5, 0.6) is 0 Å². The fourth-order valence-corrected chi connectivity index (χ4v) is 7.16. The van der Waals surface area contributed by atoms with Crippen LogP contribution in [-0.2, 0) is 11.8 Å². The molecule has 0 radical (unpaired) electrons. The third-order valence-corrected chi connectivity index (χ3v) is 8.78. The zero-order valence-corrected chi connectivity index (χ0v) is 17.3. The summed E-state index contributed by atoms with van der Waals surface area (Å²) >= 11 is 0. The van der Waals surface area contributed by atoms with Crippen LogP contribution in [0, 0.1) is 28.6 Å². The van der Waals surface area contributed by atoms with Crippen molar-refractivity contribution in [2.45, 2.75) is 64.9 Å². The minimum absolute atomic E-state index is 0.160. The normalized spacial score (nSPS) is 44.1. The monoisotopic (exact) mass is 380 g/mol. The molecule has 0 saturated heterocycles. The third-order valence-electron chi connectivity index (χ3n) is 8.78. The molecule has 0 amide bonds. The average molecular weight is 381 g/mol. The molecule has 4 aliphatic rings. The summed E-state index contributed by atoms with van der Waals surface area (Å²) in [6, 6.07) is 0. The highest BCUT2D eigenvalue weighted by molar-refractivity contribution is 6.05. The van der Waals surface area contributed by atoms with Gasteiger partial charge >= 0.3 is 0 Å². The molecule has 4 nitrogen and oxygen atoms in total. The van der Waals surface area contributed by atoms with Gasteiger partial charge in [-0.05, 0) is 79.8 Å². The van der Waals surface area contributed by atoms with Crippen LogP contribution in [-0.4, -0.2) is 26.8 Å². The predicted octanol–water partition coefficient (Wildman–Crippen LogP) is 4.31. The third kappa shape index (κ3) is 2.53. The summed E-state index contributed by atoms with van der Waals surface area (Å²) < 4.78 is 1.79. The molecule has 1 N–H and O–H groups in total. The molecule has 150 valence electrons. The van der Waals surface area contributed by atoms with Gasteiger partial charge in [0.05, 0.1) is 12.3 Å². The molecule has 3 saturated carbocycles. The number of fused-ring (bicyclic) bond motifs is 5. The second-order valence-electron chi connectivity index (χ2n) is 10.3. The van der Waals surface area contributed by atoms with Gasteiger partial charge in [0, 0.05) is 24.2 Å². The topological polar surface area (TPSA) is 55.1 Å². The van der Waals surface area contributed by atoms with Crippen molar-refractivity contribution in [3.63, 3.8) is 0 Å². The van der Waals surface area contributed by atoms with E-state index in [1.54, 1.807) is 4.68 Å². The Morgan fingerprint density at radius 3 is 2.71 bits per heavy atom. The summed E-state index contributed by atoms with van der Waals surface area (Å²) in [5.41, 5.74) is 3.54. The quantitative estimate of drug-likeness (QED) is 0.583. The Labute approximate surface area is 167 Å². The summed E-state index contributed by atoms with van der Waals surface area (Å²) in [5.74, 6) is 2.07. The second kappa shape index (κ2) is 6.16. The maximum atomic E-state index is 13.4. The minimum atomic E-state index is -0.203. The Kier molecular flexibility index (Phi) is 4.04. The van der Waals surface area contributed by atoms with Crippen molar-refractivity contribution < 1.29 is 9.90 Å². The van der Waals surface area contributed by atoms with Crippen molar-refractivity contribution >= 4 is 11.9 Å². The molecule has 0 bridgehead atoms. The van der Waals surface area contributed by atoms with E-state index in [0.717, 1.165) is 56.1 Å². The van der Waals surface area contributed by atoms with Gasteiger partial charge in [-0.15, -0.1) is 0 Å². The molecule has 0 aliphatic heterocycles. The number of aliphatic hydroxyl groups is 1. The fourth-order valence-electron chi connectivity index (χ4n) is 7.16. The first-order valence-corrected chi connectivity index (χ1v) is 10.9. The first-order valence-electron chi connectivity index (χ1n) is 10.9. The lowest BCUT2D eigenvalue weighted by Crippen LogP contribution is -2.50. The molecule has 0 aromatic carbocycles. The van der Waals surface area contributed by atoms with Gasteiger partial charge < -0.3 is 5.11 Å². The largest absolute Gasteiger partial charge is 0.393 e. The van der Waals surface area contributed by atoms with E-state index in [2.05, 4.69) is 31.1 Å². The number of hydrogen-bond acceptors (Lipinski definition) is 3. The number of Topliss-reactive ketones (excluding diaryl/α,β-unsaturated/α-hetero) is 1. The van der Waals surface area contributed by atoms with Crippen LogP contribution >= 0.6 is 0 Å². The van der Waals surface area contributed by atoms with Gasteiger partial charge in [-0.3, -0.25) is 9.48 Å². The molecule has 1 heterocycles. The van der Waals surface area contributed by atoms with Crippen molar-refractivity contribution in [2.24, 2.45) is 35.6 Å². The molecule has 1 aromatic rings. The standard InChI is InChI=1S/C24H32N2O2/c1-23-8-6-18(27)12-17(23)4-5-19-20(23)7-9-24(2)21(19)11-16(22(24)28)10-15-13-25-26(3)14-15/h4,10,13-14,18-21,27H,5-9,11-12H2,1-3H3/b16-10+/t18-,19-,20+,21+,23-,24+/m0/s1. The number of aliphatic hydroxyl groups excluding tert-OH is 1. The van der Waals surface area contributed by atoms with E-state index in [1.165, 1.54) is 5.57 Å². The van der Waals surface area contributed by atoms with E-state index in [4.69, 9.17) is 0 Å². The number of ketones is 1. The number of nitrogens with zero attached hydrogens (tertiary/aromatic N) is 2. The maximum absolute atomic E-state index is 13.4. The average Bonchev–Trinajstić information content (AvgIpc) is 3.18. The fraction of sp³-hybridized carbons (Fsp3) is 0.667. The molecule has 0 unspecified atom stereocenters. The van der Waals surface area contributed by atoms with Gasteiger partial charge in [0.1, 0.15) is 0 Å². The first-order chi connectivity index (χ1) is 13.3.